The highest BCUT2D eigenvalue weighted by Crippen LogP contribution is 2.25. The number of nitrogens with one attached hydrogen (secondary N) is 2. The lowest BCUT2D eigenvalue weighted by Gasteiger charge is -2.24. The molecule has 4 rings (SSSR count). The summed E-state index contributed by atoms with van der Waals surface area (Å²) in [5.41, 5.74) is 2.77. The van der Waals surface area contributed by atoms with Crippen LogP contribution >= 0.6 is 0 Å². The lowest BCUT2D eigenvalue weighted by molar-refractivity contribution is -0.123. The lowest BCUT2D eigenvalue weighted by atomic mass is 9.91. The molecule has 0 aromatic heterocycles. The third kappa shape index (κ3) is 8.76. The van der Waals surface area contributed by atoms with Gasteiger partial charge in [0.2, 0.25) is 11.8 Å². The smallest absolute Gasteiger partial charge is 0.234 e. The molecular weight excluding hydrogens is 510 g/mol. The molecule has 1 fully saturated rings. The first-order valence-corrected chi connectivity index (χ1v) is 15.2. The van der Waals surface area contributed by atoms with Crippen LogP contribution in [0.2, 0.25) is 0 Å². The average Bonchev–Trinajstić information content (AvgIpc) is 2.94. The summed E-state index contributed by atoms with van der Waals surface area (Å²) in [7, 11) is -3.51. The van der Waals surface area contributed by atoms with Gasteiger partial charge in [-0.3, -0.25) is 14.5 Å². The molecule has 2 amide bonds. The van der Waals surface area contributed by atoms with Crippen molar-refractivity contribution >= 4 is 21.7 Å². The highest BCUT2D eigenvalue weighted by atomic mass is 32.2. The molecule has 8 heteroatoms. The Morgan fingerprint density at radius 3 is 2.13 bits per heavy atom. The van der Waals surface area contributed by atoms with Crippen molar-refractivity contribution in [1.29, 1.82) is 0 Å². The summed E-state index contributed by atoms with van der Waals surface area (Å²) in [6.07, 6.45) is 2.62. The van der Waals surface area contributed by atoms with Gasteiger partial charge in [0, 0.05) is 32.6 Å². The van der Waals surface area contributed by atoms with Gasteiger partial charge >= 0.3 is 0 Å². The largest absolute Gasteiger partial charge is 0.356 e. The predicted molar refractivity (Wildman–Crippen MR) is 153 cm³/mol. The van der Waals surface area contributed by atoms with Gasteiger partial charge in [0.15, 0.2) is 9.84 Å². The van der Waals surface area contributed by atoms with E-state index in [-0.39, 0.29) is 30.0 Å². The van der Waals surface area contributed by atoms with E-state index in [2.05, 4.69) is 22.8 Å². The maximum atomic E-state index is 13.1. The van der Waals surface area contributed by atoms with Crippen LogP contribution in [-0.2, 0) is 31.7 Å². The average molecular weight is 548 g/mol. The zero-order valence-electron chi connectivity index (χ0n) is 22.2. The summed E-state index contributed by atoms with van der Waals surface area (Å²) < 4.78 is 26.1. The van der Waals surface area contributed by atoms with Crippen LogP contribution in [0, 0.1) is 0 Å². The maximum Gasteiger partial charge on any atom is 0.234 e. The van der Waals surface area contributed by atoms with E-state index >= 15 is 0 Å². The van der Waals surface area contributed by atoms with Crippen molar-refractivity contribution in [2.75, 3.05) is 26.2 Å². The van der Waals surface area contributed by atoms with Gasteiger partial charge in [-0.05, 0) is 54.0 Å². The molecule has 7 nitrogen and oxygen atoms in total. The molecule has 39 heavy (non-hydrogen) atoms. The molecule has 0 spiro atoms. The van der Waals surface area contributed by atoms with E-state index < -0.39 is 9.84 Å². The molecule has 0 saturated carbocycles. The van der Waals surface area contributed by atoms with Gasteiger partial charge < -0.3 is 10.6 Å². The Balaban J connectivity index is 1.45. The van der Waals surface area contributed by atoms with Crippen LogP contribution in [0.25, 0.3) is 0 Å². The van der Waals surface area contributed by atoms with Gasteiger partial charge in [0.05, 0.1) is 17.2 Å². The quantitative estimate of drug-likeness (QED) is 0.486. The SMILES string of the molecule is O=C1CCC(c2ccccc2)CCNC(=O)CN(Cc2ccccc2CS(=O)(=O)c2ccccc2)CCCN1. The summed E-state index contributed by atoms with van der Waals surface area (Å²) in [6, 6.07) is 26.1. The fourth-order valence-corrected chi connectivity index (χ4v) is 6.42. The summed E-state index contributed by atoms with van der Waals surface area (Å²) in [5, 5.41) is 6.08. The zero-order valence-corrected chi connectivity index (χ0v) is 23.0. The number of hydrogen-bond acceptors (Lipinski definition) is 5. The Bertz CT molecular complexity index is 1330. The number of nitrogens with zero attached hydrogens (tertiary/aromatic N) is 1. The van der Waals surface area contributed by atoms with Crippen molar-refractivity contribution in [1.82, 2.24) is 15.5 Å². The number of carbonyl (C=O) groups excluding carboxylic acids is 2. The summed E-state index contributed by atoms with van der Waals surface area (Å²) >= 11 is 0. The zero-order chi connectivity index (χ0) is 27.5. The van der Waals surface area contributed by atoms with Crippen molar-refractivity contribution in [2.24, 2.45) is 0 Å². The first-order chi connectivity index (χ1) is 18.9. The highest BCUT2D eigenvalue weighted by Gasteiger charge is 2.20. The van der Waals surface area contributed by atoms with Gasteiger partial charge in [0.1, 0.15) is 0 Å². The molecular formula is C31H37N3O4S. The summed E-state index contributed by atoms with van der Waals surface area (Å²) in [6.45, 7) is 2.29. The van der Waals surface area contributed by atoms with Crippen LogP contribution in [0.4, 0.5) is 0 Å². The van der Waals surface area contributed by atoms with E-state index in [1.807, 2.05) is 47.4 Å². The Morgan fingerprint density at radius 2 is 1.38 bits per heavy atom. The van der Waals surface area contributed by atoms with E-state index in [9.17, 15) is 18.0 Å². The van der Waals surface area contributed by atoms with E-state index in [1.54, 1.807) is 30.3 Å². The van der Waals surface area contributed by atoms with Crippen LogP contribution in [0.1, 0.15) is 48.3 Å². The maximum absolute atomic E-state index is 13.1. The molecule has 1 aliphatic rings. The van der Waals surface area contributed by atoms with E-state index in [0.717, 1.165) is 24.0 Å². The second-order valence-corrected chi connectivity index (χ2v) is 12.0. The van der Waals surface area contributed by atoms with Crippen LogP contribution in [0.3, 0.4) is 0 Å². The molecule has 1 saturated heterocycles. The molecule has 0 radical (unpaired) electrons. The second kappa shape index (κ2) is 14.1. The molecule has 1 heterocycles. The molecule has 0 aliphatic carbocycles. The van der Waals surface area contributed by atoms with E-state index in [0.29, 0.717) is 43.9 Å². The molecule has 1 atom stereocenters. The van der Waals surface area contributed by atoms with Crippen LogP contribution in [-0.4, -0.2) is 51.3 Å². The molecule has 3 aromatic rings. The minimum absolute atomic E-state index is 0.0417. The topological polar surface area (TPSA) is 95.6 Å². The Hall–Kier alpha value is -3.49. The minimum Gasteiger partial charge on any atom is -0.356 e. The predicted octanol–water partition coefficient (Wildman–Crippen LogP) is 4.05. The number of rotatable bonds is 6. The van der Waals surface area contributed by atoms with Crippen molar-refractivity contribution < 1.29 is 18.0 Å². The number of carbonyl (C=O) groups is 2. The molecule has 0 bridgehead atoms. The first kappa shape index (κ1) is 28.5. The normalized spacial score (nSPS) is 18.5. The fourth-order valence-electron chi connectivity index (χ4n) is 5.00. The van der Waals surface area contributed by atoms with E-state index in [1.165, 1.54) is 5.56 Å². The second-order valence-electron chi connectivity index (χ2n) is 10.0. The lowest BCUT2D eigenvalue weighted by Crippen LogP contribution is -2.39. The summed E-state index contributed by atoms with van der Waals surface area (Å²) in [4.78, 5) is 27.7. The van der Waals surface area contributed by atoms with Gasteiger partial charge in [-0.15, -0.1) is 0 Å². The van der Waals surface area contributed by atoms with Crippen LogP contribution in [0.15, 0.2) is 89.8 Å². The third-order valence-corrected chi connectivity index (χ3v) is 8.79. The number of sulfone groups is 1. The van der Waals surface area contributed by atoms with Crippen molar-refractivity contribution in [3.63, 3.8) is 0 Å². The fraction of sp³-hybridized carbons (Fsp3) is 0.355. The van der Waals surface area contributed by atoms with Gasteiger partial charge in [0.25, 0.3) is 0 Å². The number of amides is 2. The van der Waals surface area contributed by atoms with Crippen molar-refractivity contribution in [3.05, 3.63) is 102 Å². The molecule has 2 N–H and O–H groups in total. The number of benzene rings is 3. The number of hydrogen-bond donors (Lipinski definition) is 2. The minimum atomic E-state index is -3.51. The van der Waals surface area contributed by atoms with Crippen molar-refractivity contribution in [3.8, 4) is 0 Å². The Morgan fingerprint density at radius 1 is 0.744 bits per heavy atom. The van der Waals surface area contributed by atoms with Crippen LogP contribution < -0.4 is 10.6 Å². The molecule has 3 aromatic carbocycles. The Kier molecular flexibility index (Phi) is 10.3. The van der Waals surface area contributed by atoms with Crippen LogP contribution in [0.5, 0.6) is 0 Å². The first-order valence-electron chi connectivity index (χ1n) is 13.6. The van der Waals surface area contributed by atoms with Crippen molar-refractivity contribution in [2.45, 2.75) is 48.8 Å². The standard InChI is InChI=1S/C31H37N3O4S/c35-30-17-16-26(25-10-3-1-4-11-25)18-20-33-31(36)23-34(21-9-19-32-30)22-27-12-7-8-13-28(27)24-39(37,38)29-14-5-2-6-15-29/h1-8,10-15,26H,9,16-24H2,(H,32,35)(H,33,36). The van der Waals surface area contributed by atoms with Gasteiger partial charge in [-0.25, -0.2) is 8.42 Å². The Labute approximate surface area is 231 Å². The van der Waals surface area contributed by atoms with E-state index in [4.69, 9.17) is 0 Å². The summed E-state index contributed by atoms with van der Waals surface area (Å²) in [5.74, 6) is 0.0662. The monoisotopic (exact) mass is 547 g/mol. The molecule has 1 unspecified atom stereocenters. The highest BCUT2D eigenvalue weighted by molar-refractivity contribution is 7.90. The van der Waals surface area contributed by atoms with Gasteiger partial charge in [-0.1, -0.05) is 72.8 Å². The van der Waals surface area contributed by atoms with Gasteiger partial charge in [-0.2, -0.15) is 0 Å². The molecule has 206 valence electrons. The molecule has 1 aliphatic heterocycles. The third-order valence-electron chi connectivity index (χ3n) is 7.11.